The summed E-state index contributed by atoms with van der Waals surface area (Å²) < 4.78 is 5.85. The third kappa shape index (κ3) is 1.99. The first-order valence-electron chi connectivity index (χ1n) is 5.14. The summed E-state index contributed by atoms with van der Waals surface area (Å²) in [6.45, 7) is 3.61. The van der Waals surface area contributed by atoms with Crippen LogP contribution in [0.15, 0.2) is 6.20 Å². The summed E-state index contributed by atoms with van der Waals surface area (Å²) in [5.74, 6) is -0.358. The van der Waals surface area contributed by atoms with Crippen molar-refractivity contribution in [2.75, 3.05) is 12.8 Å². The molecule has 0 fully saturated rings. The van der Waals surface area contributed by atoms with Gasteiger partial charge in [0.2, 0.25) is 0 Å². The molecule has 0 unspecified atom stereocenters. The minimum atomic E-state index is -0.608. The molecule has 0 aliphatic rings. The summed E-state index contributed by atoms with van der Waals surface area (Å²) in [6.07, 6.45) is 1.44. The molecular weight excluding hydrogens is 236 g/mol. The fourth-order valence-electron chi connectivity index (χ4n) is 1.29. The van der Waals surface area contributed by atoms with Crippen molar-refractivity contribution in [3.05, 3.63) is 23.3 Å². The van der Waals surface area contributed by atoms with Crippen molar-refractivity contribution in [3.8, 4) is 5.95 Å². The van der Waals surface area contributed by atoms with Crippen molar-refractivity contribution in [1.82, 2.24) is 25.0 Å². The minimum absolute atomic E-state index is 0.0272. The van der Waals surface area contributed by atoms with E-state index >= 15 is 0 Å². The van der Waals surface area contributed by atoms with Crippen molar-refractivity contribution >= 4 is 11.7 Å². The molecule has 2 rings (SSSR count). The number of nitrogens with two attached hydrogens (primary N) is 1. The third-order valence-corrected chi connectivity index (χ3v) is 2.41. The van der Waals surface area contributed by atoms with Gasteiger partial charge in [0, 0.05) is 0 Å². The molecule has 0 aromatic carbocycles. The number of aromatic nitrogens is 5. The fourth-order valence-corrected chi connectivity index (χ4v) is 1.29. The molecule has 8 nitrogen and oxygen atoms in total. The maximum atomic E-state index is 11.4. The van der Waals surface area contributed by atoms with E-state index in [-0.39, 0.29) is 17.3 Å². The number of hydrogen-bond acceptors (Lipinski definition) is 7. The molecule has 0 bridgehead atoms. The van der Waals surface area contributed by atoms with Crippen molar-refractivity contribution in [2.45, 2.75) is 13.8 Å². The molecule has 2 N–H and O–H groups in total. The van der Waals surface area contributed by atoms with Crippen LogP contribution in [-0.2, 0) is 4.74 Å². The van der Waals surface area contributed by atoms with Gasteiger partial charge >= 0.3 is 5.97 Å². The Kier molecular flexibility index (Phi) is 2.92. The molecular formula is C10H12N6O2. The van der Waals surface area contributed by atoms with E-state index in [1.54, 1.807) is 6.92 Å². The maximum Gasteiger partial charge on any atom is 0.360 e. The Morgan fingerprint density at radius 3 is 2.67 bits per heavy atom. The second-order valence-electron chi connectivity index (χ2n) is 3.65. The van der Waals surface area contributed by atoms with E-state index < -0.39 is 5.97 Å². The van der Waals surface area contributed by atoms with Crippen LogP contribution in [0.2, 0.25) is 0 Å². The number of esters is 1. The first kappa shape index (κ1) is 12.0. The Morgan fingerprint density at radius 1 is 1.33 bits per heavy atom. The zero-order chi connectivity index (χ0) is 13.3. The van der Waals surface area contributed by atoms with Gasteiger partial charge in [0.05, 0.1) is 30.4 Å². The first-order valence-corrected chi connectivity index (χ1v) is 5.14. The van der Waals surface area contributed by atoms with Crippen LogP contribution >= 0.6 is 0 Å². The van der Waals surface area contributed by atoms with Gasteiger partial charge < -0.3 is 10.5 Å². The van der Waals surface area contributed by atoms with Crippen molar-refractivity contribution in [2.24, 2.45) is 0 Å². The zero-order valence-corrected chi connectivity index (χ0v) is 10.2. The number of methoxy groups -OCH3 is 1. The van der Waals surface area contributed by atoms with E-state index in [2.05, 4.69) is 25.0 Å². The monoisotopic (exact) mass is 248 g/mol. The molecule has 18 heavy (non-hydrogen) atoms. The number of hydrogen-bond donors (Lipinski definition) is 1. The van der Waals surface area contributed by atoms with Crippen LogP contribution in [0.3, 0.4) is 0 Å². The van der Waals surface area contributed by atoms with E-state index in [0.717, 1.165) is 11.4 Å². The molecule has 0 saturated heterocycles. The van der Waals surface area contributed by atoms with Crippen molar-refractivity contribution in [3.63, 3.8) is 0 Å². The highest BCUT2D eigenvalue weighted by atomic mass is 16.5. The van der Waals surface area contributed by atoms with Gasteiger partial charge in [-0.05, 0) is 13.8 Å². The highest BCUT2D eigenvalue weighted by Gasteiger charge is 2.17. The molecule has 0 spiro atoms. The molecule has 2 aromatic heterocycles. The SMILES string of the molecule is COC(=O)c1nn(-c2nnc(C)c(C)n2)cc1N. The van der Waals surface area contributed by atoms with Crippen LogP contribution in [-0.4, -0.2) is 38.0 Å². The van der Waals surface area contributed by atoms with Gasteiger partial charge in [0.15, 0.2) is 5.69 Å². The van der Waals surface area contributed by atoms with Crippen LogP contribution in [0.25, 0.3) is 5.95 Å². The highest BCUT2D eigenvalue weighted by Crippen LogP contribution is 2.12. The van der Waals surface area contributed by atoms with Gasteiger partial charge in [0.25, 0.3) is 5.95 Å². The quantitative estimate of drug-likeness (QED) is 0.747. The van der Waals surface area contributed by atoms with Gasteiger partial charge in [-0.3, -0.25) is 0 Å². The number of carbonyl (C=O) groups excluding carboxylic acids is 1. The summed E-state index contributed by atoms with van der Waals surface area (Å²) in [6, 6.07) is 0. The van der Waals surface area contributed by atoms with Gasteiger partial charge in [-0.2, -0.15) is 10.2 Å². The van der Waals surface area contributed by atoms with Gasteiger partial charge in [-0.1, -0.05) is 0 Å². The highest BCUT2D eigenvalue weighted by molar-refractivity contribution is 5.92. The van der Waals surface area contributed by atoms with Crippen molar-refractivity contribution in [1.29, 1.82) is 0 Å². The Hall–Kier alpha value is -2.51. The number of aryl methyl sites for hydroxylation is 2. The molecule has 94 valence electrons. The standard InChI is InChI=1S/C10H12N6O2/c1-5-6(2)13-14-10(12-5)16-4-7(11)8(15-16)9(17)18-3/h4H,11H2,1-3H3. The Morgan fingerprint density at radius 2 is 2.06 bits per heavy atom. The number of anilines is 1. The second-order valence-corrected chi connectivity index (χ2v) is 3.65. The third-order valence-electron chi connectivity index (χ3n) is 2.41. The summed E-state index contributed by atoms with van der Waals surface area (Å²) in [5.41, 5.74) is 7.35. The van der Waals surface area contributed by atoms with E-state index in [1.807, 2.05) is 6.92 Å². The largest absolute Gasteiger partial charge is 0.464 e. The lowest BCUT2D eigenvalue weighted by Crippen LogP contribution is -2.09. The lowest BCUT2D eigenvalue weighted by atomic mass is 10.4. The average molecular weight is 248 g/mol. The summed E-state index contributed by atoms with van der Waals surface area (Å²) in [7, 11) is 1.26. The maximum absolute atomic E-state index is 11.4. The number of nitrogen functional groups attached to an aromatic ring is 1. The smallest absolute Gasteiger partial charge is 0.360 e. The summed E-state index contributed by atoms with van der Waals surface area (Å²) in [5, 5.41) is 11.8. The Bertz CT molecular complexity index is 606. The van der Waals surface area contributed by atoms with Crippen LogP contribution in [0.1, 0.15) is 21.9 Å². The zero-order valence-electron chi connectivity index (χ0n) is 10.2. The normalized spacial score (nSPS) is 10.4. The van der Waals surface area contributed by atoms with E-state index in [4.69, 9.17) is 5.73 Å². The van der Waals surface area contributed by atoms with Gasteiger partial charge in [-0.25, -0.2) is 14.5 Å². The fraction of sp³-hybridized carbons (Fsp3) is 0.300. The predicted octanol–water partition coefficient (Wildman–Crippen LogP) is 0.0429. The second kappa shape index (κ2) is 4.40. The molecule has 0 amide bonds. The molecule has 0 aliphatic heterocycles. The van der Waals surface area contributed by atoms with Crippen molar-refractivity contribution < 1.29 is 9.53 Å². The van der Waals surface area contributed by atoms with Crippen LogP contribution < -0.4 is 5.73 Å². The number of carbonyl (C=O) groups is 1. The molecule has 0 radical (unpaired) electrons. The Labute approximate surface area is 103 Å². The lowest BCUT2D eigenvalue weighted by molar-refractivity contribution is 0.0594. The van der Waals surface area contributed by atoms with E-state index in [0.29, 0.717) is 0 Å². The number of ether oxygens (including phenoxy) is 1. The average Bonchev–Trinajstić information content (AvgIpc) is 2.74. The topological polar surface area (TPSA) is 109 Å². The molecule has 0 aliphatic carbocycles. The van der Waals surface area contributed by atoms with Gasteiger partial charge in [-0.15, -0.1) is 5.10 Å². The first-order chi connectivity index (χ1) is 8.52. The molecule has 0 atom stereocenters. The summed E-state index contributed by atoms with van der Waals surface area (Å²) in [4.78, 5) is 15.6. The lowest BCUT2D eigenvalue weighted by Gasteiger charge is -2.00. The predicted molar refractivity (Wildman–Crippen MR) is 62.2 cm³/mol. The molecule has 8 heteroatoms. The molecule has 2 aromatic rings. The van der Waals surface area contributed by atoms with Crippen LogP contribution in [0.5, 0.6) is 0 Å². The van der Waals surface area contributed by atoms with E-state index in [9.17, 15) is 4.79 Å². The van der Waals surface area contributed by atoms with Gasteiger partial charge in [0.1, 0.15) is 0 Å². The van der Waals surface area contributed by atoms with E-state index in [1.165, 1.54) is 18.0 Å². The Balaban J connectivity index is 2.45. The van der Waals surface area contributed by atoms with Crippen LogP contribution in [0.4, 0.5) is 5.69 Å². The number of rotatable bonds is 2. The van der Waals surface area contributed by atoms with Crippen LogP contribution in [0, 0.1) is 13.8 Å². The summed E-state index contributed by atoms with van der Waals surface area (Å²) >= 11 is 0. The molecule has 0 saturated carbocycles. The minimum Gasteiger partial charge on any atom is -0.464 e. The molecule has 2 heterocycles. The number of nitrogens with zero attached hydrogens (tertiary/aromatic N) is 5.